The van der Waals surface area contributed by atoms with Crippen LogP contribution in [0.15, 0.2) is 58.1 Å². The minimum atomic E-state index is -0.738. The molecule has 7 nitrogen and oxygen atoms in total. The average Bonchev–Trinajstić information content (AvgIpc) is 2.60. The molecule has 25 heavy (non-hydrogen) atoms. The molecule has 0 fully saturated rings. The highest BCUT2D eigenvalue weighted by Crippen LogP contribution is 2.10. The molecule has 3 rings (SSSR count). The van der Waals surface area contributed by atoms with Gasteiger partial charge in [0.2, 0.25) is 0 Å². The van der Waals surface area contributed by atoms with Gasteiger partial charge in [-0.05, 0) is 48.9 Å². The van der Waals surface area contributed by atoms with Crippen molar-refractivity contribution in [3.05, 3.63) is 80.3 Å². The van der Waals surface area contributed by atoms with Gasteiger partial charge >= 0.3 is 0 Å². The van der Waals surface area contributed by atoms with E-state index >= 15 is 0 Å². The quantitative estimate of drug-likeness (QED) is 0.641. The Morgan fingerprint density at radius 1 is 1.08 bits per heavy atom. The van der Waals surface area contributed by atoms with Gasteiger partial charge in [-0.1, -0.05) is 15.9 Å². The lowest BCUT2D eigenvalue weighted by Gasteiger charge is -2.08. The predicted octanol–water partition coefficient (Wildman–Crippen LogP) is 1.84. The van der Waals surface area contributed by atoms with Crippen LogP contribution in [0.1, 0.15) is 26.3 Å². The van der Waals surface area contributed by atoms with Crippen molar-refractivity contribution in [1.29, 1.82) is 0 Å². The summed E-state index contributed by atoms with van der Waals surface area (Å²) in [5, 5.41) is 0. The maximum Gasteiger partial charge on any atom is 0.276 e. The fraction of sp³-hybridized carbons (Fsp3) is 0.0588. The van der Waals surface area contributed by atoms with E-state index in [1.165, 1.54) is 10.6 Å². The molecule has 0 unspecified atom stereocenters. The monoisotopic (exact) mass is 400 g/mol. The Balaban J connectivity index is 1.77. The Morgan fingerprint density at radius 3 is 2.48 bits per heavy atom. The number of nitrogens with zero attached hydrogens (tertiary/aromatic N) is 2. The van der Waals surface area contributed by atoms with Gasteiger partial charge in [0.05, 0.1) is 0 Å². The van der Waals surface area contributed by atoms with E-state index < -0.39 is 17.4 Å². The molecule has 0 bridgehead atoms. The second kappa shape index (κ2) is 6.86. The van der Waals surface area contributed by atoms with Crippen LogP contribution in [0.3, 0.4) is 0 Å². The van der Waals surface area contributed by atoms with Crippen molar-refractivity contribution >= 4 is 33.4 Å². The minimum absolute atomic E-state index is 0.169. The number of fused-ring (bicyclic) bond motifs is 1. The molecule has 0 saturated heterocycles. The first kappa shape index (κ1) is 16.8. The second-order valence-electron chi connectivity index (χ2n) is 5.32. The molecule has 2 aromatic heterocycles. The van der Waals surface area contributed by atoms with E-state index in [0.29, 0.717) is 11.2 Å². The minimum Gasteiger partial charge on any atom is -0.268 e. The standard InChI is InChI=1S/C17H13BrN4O3/c1-10-6-7-22-14(8-10)19-9-13(17(22)25)16(24)21-20-15(23)11-2-4-12(18)5-3-11/h2-9H,1H3,(H,20,23)(H,21,24). The number of halogens is 1. The molecule has 2 amide bonds. The lowest BCUT2D eigenvalue weighted by Crippen LogP contribution is -2.43. The van der Waals surface area contributed by atoms with Gasteiger partial charge in [-0.15, -0.1) is 0 Å². The smallest absolute Gasteiger partial charge is 0.268 e. The third-order valence-corrected chi connectivity index (χ3v) is 4.03. The lowest BCUT2D eigenvalue weighted by molar-refractivity contribution is 0.0845. The number of amides is 2. The van der Waals surface area contributed by atoms with Gasteiger partial charge in [0.15, 0.2) is 0 Å². The molecule has 0 saturated carbocycles. The third kappa shape index (κ3) is 3.58. The number of hydrazine groups is 1. The van der Waals surface area contributed by atoms with E-state index in [0.717, 1.165) is 10.0 Å². The van der Waals surface area contributed by atoms with E-state index in [1.807, 2.05) is 6.92 Å². The van der Waals surface area contributed by atoms with E-state index in [9.17, 15) is 14.4 Å². The molecule has 0 radical (unpaired) electrons. The van der Waals surface area contributed by atoms with Crippen molar-refractivity contribution in [3.8, 4) is 0 Å². The Morgan fingerprint density at radius 2 is 1.76 bits per heavy atom. The molecule has 0 spiro atoms. The summed E-state index contributed by atoms with van der Waals surface area (Å²) < 4.78 is 2.11. The van der Waals surface area contributed by atoms with Crippen molar-refractivity contribution in [2.24, 2.45) is 0 Å². The van der Waals surface area contributed by atoms with Crippen LogP contribution in [-0.4, -0.2) is 21.2 Å². The summed E-state index contributed by atoms with van der Waals surface area (Å²) in [6.45, 7) is 1.88. The lowest BCUT2D eigenvalue weighted by atomic mass is 10.2. The molecule has 2 N–H and O–H groups in total. The fourth-order valence-electron chi connectivity index (χ4n) is 2.19. The molecule has 8 heteroatoms. The molecule has 1 aromatic carbocycles. The van der Waals surface area contributed by atoms with Gasteiger partial charge < -0.3 is 0 Å². The van der Waals surface area contributed by atoms with Gasteiger partial charge in [0.1, 0.15) is 11.2 Å². The molecule has 126 valence electrons. The summed E-state index contributed by atoms with van der Waals surface area (Å²) in [5.41, 5.74) is 5.58. The summed E-state index contributed by atoms with van der Waals surface area (Å²) in [6.07, 6.45) is 2.75. The number of hydrogen-bond acceptors (Lipinski definition) is 4. The Hall–Kier alpha value is -3.00. The van der Waals surface area contributed by atoms with Crippen LogP contribution in [0.5, 0.6) is 0 Å². The molecule has 0 aliphatic heterocycles. The molecule has 3 aromatic rings. The Kier molecular flexibility index (Phi) is 4.62. The van der Waals surface area contributed by atoms with Crippen molar-refractivity contribution in [3.63, 3.8) is 0 Å². The van der Waals surface area contributed by atoms with Crippen molar-refractivity contribution in [1.82, 2.24) is 20.2 Å². The van der Waals surface area contributed by atoms with Crippen LogP contribution in [0.2, 0.25) is 0 Å². The summed E-state index contributed by atoms with van der Waals surface area (Å²) >= 11 is 3.27. The Labute approximate surface area is 150 Å². The molecule has 0 aliphatic carbocycles. The second-order valence-corrected chi connectivity index (χ2v) is 6.24. The number of aromatic nitrogens is 2. The summed E-state index contributed by atoms with van der Waals surface area (Å²) in [4.78, 5) is 40.6. The summed E-state index contributed by atoms with van der Waals surface area (Å²) in [6, 6.07) is 10.1. The SMILES string of the molecule is Cc1ccn2c(=O)c(C(=O)NNC(=O)c3ccc(Br)cc3)cnc2c1. The van der Waals surface area contributed by atoms with Crippen LogP contribution in [0.4, 0.5) is 0 Å². The van der Waals surface area contributed by atoms with Gasteiger partial charge in [-0.2, -0.15) is 0 Å². The first-order valence-electron chi connectivity index (χ1n) is 7.30. The maximum atomic E-state index is 12.4. The van der Waals surface area contributed by atoms with E-state index in [-0.39, 0.29) is 5.56 Å². The van der Waals surface area contributed by atoms with E-state index in [4.69, 9.17) is 0 Å². The number of carbonyl (C=O) groups excluding carboxylic acids is 2. The molecular formula is C17H13BrN4O3. The van der Waals surface area contributed by atoms with Crippen LogP contribution in [0, 0.1) is 6.92 Å². The highest BCUT2D eigenvalue weighted by molar-refractivity contribution is 9.10. The highest BCUT2D eigenvalue weighted by Gasteiger charge is 2.14. The fourth-order valence-corrected chi connectivity index (χ4v) is 2.45. The first-order chi connectivity index (χ1) is 12.0. The number of aryl methyl sites for hydroxylation is 1. The van der Waals surface area contributed by atoms with Gasteiger partial charge in [-0.25, -0.2) is 4.98 Å². The number of nitrogens with one attached hydrogen (secondary N) is 2. The topological polar surface area (TPSA) is 92.6 Å². The molecule has 0 atom stereocenters. The van der Waals surface area contributed by atoms with Crippen molar-refractivity contribution < 1.29 is 9.59 Å². The zero-order valence-corrected chi connectivity index (χ0v) is 14.7. The normalized spacial score (nSPS) is 10.5. The van der Waals surface area contributed by atoms with Crippen molar-refractivity contribution in [2.75, 3.05) is 0 Å². The van der Waals surface area contributed by atoms with Crippen LogP contribution in [0.25, 0.3) is 5.65 Å². The first-order valence-corrected chi connectivity index (χ1v) is 8.09. The zero-order chi connectivity index (χ0) is 18.0. The summed E-state index contributed by atoms with van der Waals surface area (Å²) in [7, 11) is 0. The largest absolute Gasteiger partial charge is 0.276 e. The highest BCUT2D eigenvalue weighted by atomic mass is 79.9. The van der Waals surface area contributed by atoms with Crippen LogP contribution >= 0.6 is 15.9 Å². The van der Waals surface area contributed by atoms with E-state index in [1.54, 1.807) is 42.6 Å². The van der Waals surface area contributed by atoms with E-state index in [2.05, 4.69) is 31.8 Å². The van der Waals surface area contributed by atoms with Gasteiger partial charge in [-0.3, -0.25) is 29.6 Å². The average molecular weight is 401 g/mol. The van der Waals surface area contributed by atoms with Crippen LogP contribution < -0.4 is 16.4 Å². The Bertz CT molecular complexity index is 1030. The predicted molar refractivity (Wildman–Crippen MR) is 95.3 cm³/mol. The van der Waals surface area contributed by atoms with Gasteiger partial charge in [0.25, 0.3) is 17.4 Å². The number of rotatable bonds is 2. The molecular weight excluding hydrogens is 388 g/mol. The molecule has 2 heterocycles. The number of carbonyl (C=O) groups is 2. The summed E-state index contributed by atoms with van der Waals surface area (Å²) in [5.74, 6) is -1.23. The van der Waals surface area contributed by atoms with Crippen molar-refractivity contribution in [2.45, 2.75) is 6.92 Å². The zero-order valence-electron chi connectivity index (χ0n) is 13.1. The van der Waals surface area contributed by atoms with Crippen LogP contribution in [-0.2, 0) is 0 Å². The number of benzene rings is 1. The number of hydrogen-bond donors (Lipinski definition) is 2. The third-order valence-electron chi connectivity index (χ3n) is 3.51. The molecule has 0 aliphatic rings. The maximum absolute atomic E-state index is 12.4. The number of pyridine rings is 1. The van der Waals surface area contributed by atoms with Gasteiger partial charge in [0, 0.05) is 22.4 Å².